The molecule has 1 saturated carbocycles. The number of carbonyl (C=O) groups excluding carboxylic acids is 3. The van der Waals surface area contributed by atoms with E-state index in [4.69, 9.17) is 14.2 Å². The Bertz CT molecular complexity index is 630. The first kappa shape index (κ1) is 17.1. The first-order chi connectivity index (χ1) is 11.6. The maximum absolute atomic E-state index is 12.4. The Labute approximate surface area is 146 Å². The summed E-state index contributed by atoms with van der Waals surface area (Å²) in [7, 11) is 2.45. The quantitative estimate of drug-likeness (QED) is 0.393. The standard InChI is InChI=1S/C17H18O6Se/c1-21-15(19)14(16(20)22-2)13-11-8-10(18)12(13)17(23-11)24-9-6-4-3-5-7-9/h3-7,11-14,17H,8H2,1-2H3/t11-,12+,13-,17?/m0/s1. The van der Waals surface area contributed by atoms with Crippen molar-refractivity contribution >= 4 is 37.1 Å². The third-order valence-corrected chi connectivity index (χ3v) is 6.99. The van der Waals surface area contributed by atoms with Gasteiger partial charge in [-0.2, -0.15) is 0 Å². The van der Waals surface area contributed by atoms with Crippen LogP contribution in [0.2, 0.25) is 0 Å². The molecule has 2 bridgehead atoms. The summed E-state index contributed by atoms with van der Waals surface area (Å²) in [4.78, 5) is 36.6. The molecule has 3 rings (SSSR count). The number of rotatable bonds is 5. The molecule has 4 atom stereocenters. The van der Waals surface area contributed by atoms with Crippen LogP contribution >= 0.6 is 0 Å². The summed E-state index contributed by atoms with van der Waals surface area (Å²) in [6.45, 7) is 0. The monoisotopic (exact) mass is 398 g/mol. The molecule has 24 heavy (non-hydrogen) atoms. The molecule has 1 aliphatic heterocycles. The van der Waals surface area contributed by atoms with Crippen LogP contribution in [0.4, 0.5) is 0 Å². The number of benzene rings is 1. The van der Waals surface area contributed by atoms with Crippen LogP contribution in [-0.4, -0.2) is 58.0 Å². The van der Waals surface area contributed by atoms with E-state index in [1.165, 1.54) is 14.2 Å². The van der Waals surface area contributed by atoms with Crippen molar-refractivity contribution in [3.05, 3.63) is 30.3 Å². The van der Waals surface area contributed by atoms with Gasteiger partial charge in [0, 0.05) is 0 Å². The maximum atomic E-state index is 12.4. The van der Waals surface area contributed by atoms with Crippen LogP contribution < -0.4 is 4.46 Å². The van der Waals surface area contributed by atoms with E-state index in [2.05, 4.69) is 0 Å². The molecule has 1 aliphatic carbocycles. The van der Waals surface area contributed by atoms with Gasteiger partial charge in [0.2, 0.25) is 0 Å². The zero-order valence-corrected chi connectivity index (χ0v) is 15.1. The van der Waals surface area contributed by atoms with Crippen LogP contribution in [0.25, 0.3) is 0 Å². The molecule has 1 unspecified atom stereocenters. The van der Waals surface area contributed by atoms with Gasteiger partial charge in [0.25, 0.3) is 0 Å². The molecule has 0 N–H and O–H groups in total. The Morgan fingerprint density at radius 1 is 1.17 bits per heavy atom. The van der Waals surface area contributed by atoms with Crippen molar-refractivity contribution in [2.45, 2.75) is 17.5 Å². The van der Waals surface area contributed by atoms with Gasteiger partial charge in [-0.05, 0) is 0 Å². The molecule has 0 aromatic heterocycles. The van der Waals surface area contributed by atoms with E-state index in [-0.39, 0.29) is 32.2 Å². The van der Waals surface area contributed by atoms with Gasteiger partial charge in [0.1, 0.15) is 0 Å². The van der Waals surface area contributed by atoms with Crippen molar-refractivity contribution in [2.75, 3.05) is 14.2 Å². The molecule has 128 valence electrons. The second-order valence-corrected chi connectivity index (χ2v) is 8.23. The van der Waals surface area contributed by atoms with Gasteiger partial charge in [0.15, 0.2) is 0 Å². The third-order valence-electron chi connectivity index (χ3n) is 4.51. The van der Waals surface area contributed by atoms with E-state index in [0.717, 1.165) is 4.46 Å². The molecule has 2 fully saturated rings. The van der Waals surface area contributed by atoms with E-state index in [1.807, 2.05) is 30.3 Å². The number of Topliss-reactive ketones (excluding diaryl/α,β-unsaturated/α-hetero) is 1. The molecule has 1 aromatic rings. The van der Waals surface area contributed by atoms with Crippen molar-refractivity contribution in [3.8, 4) is 0 Å². The van der Waals surface area contributed by atoms with E-state index in [0.29, 0.717) is 0 Å². The normalized spacial score (nSPS) is 28.2. The molecular weight excluding hydrogens is 379 g/mol. The fourth-order valence-corrected chi connectivity index (χ4v) is 6.11. The topological polar surface area (TPSA) is 78.9 Å². The fraction of sp³-hybridized carbons (Fsp3) is 0.471. The minimum absolute atomic E-state index is 0.0527. The number of esters is 2. The number of ether oxygens (including phenoxy) is 3. The van der Waals surface area contributed by atoms with Crippen LogP contribution in [0.5, 0.6) is 0 Å². The number of hydrogen-bond donors (Lipinski definition) is 0. The Kier molecular flexibility index (Phi) is 5.04. The van der Waals surface area contributed by atoms with Gasteiger partial charge in [-0.25, -0.2) is 0 Å². The third kappa shape index (κ3) is 2.99. The van der Waals surface area contributed by atoms with Crippen LogP contribution in [0, 0.1) is 17.8 Å². The zero-order valence-electron chi connectivity index (χ0n) is 13.3. The SMILES string of the molecule is COC(=O)C(C(=O)OC)[C@H]1[C@@H]2CC(=O)[C@H]1C([Se]c1ccccc1)O2. The Morgan fingerprint density at radius 3 is 2.38 bits per heavy atom. The van der Waals surface area contributed by atoms with Gasteiger partial charge < -0.3 is 0 Å². The predicted molar refractivity (Wildman–Crippen MR) is 84.6 cm³/mol. The molecule has 1 aromatic carbocycles. The van der Waals surface area contributed by atoms with E-state index < -0.39 is 35.8 Å². The number of methoxy groups -OCH3 is 2. The van der Waals surface area contributed by atoms with Gasteiger partial charge in [-0.1, -0.05) is 0 Å². The molecule has 0 amide bonds. The summed E-state index contributed by atoms with van der Waals surface area (Å²) >= 11 is -0.0776. The van der Waals surface area contributed by atoms with Crippen molar-refractivity contribution in [1.29, 1.82) is 0 Å². The minimum atomic E-state index is -1.11. The average molecular weight is 397 g/mol. The summed E-state index contributed by atoms with van der Waals surface area (Å²) in [5.74, 6) is -3.37. The van der Waals surface area contributed by atoms with Crippen molar-refractivity contribution < 1.29 is 28.6 Å². The van der Waals surface area contributed by atoms with E-state index >= 15 is 0 Å². The fourth-order valence-electron chi connectivity index (χ4n) is 3.47. The Balaban J connectivity index is 1.85. The average Bonchev–Trinajstić information content (AvgIpc) is 3.08. The van der Waals surface area contributed by atoms with Gasteiger partial charge in [0.05, 0.1) is 0 Å². The molecule has 2 aliphatic rings. The summed E-state index contributed by atoms with van der Waals surface area (Å²) < 4.78 is 16.6. The summed E-state index contributed by atoms with van der Waals surface area (Å²) in [6, 6.07) is 9.80. The second-order valence-electron chi connectivity index (χ2n) is 5.77. The second kappa shape index (κ2) is 7.05. The van der Waals surface area contributed by atoms with E-state index in [9.17, 15) is 14.4 Å². The number of fused-ring (bicyclic) bond motifs is 2. The number of hydrogen-bond acceptors (Lipinski definition) is 6. The summed E-state index contributed by atoms with van der Waals surface area (Å²) in [6.07, 6.45) is -0.192. The molecule has 7 heteroatoms. The Morgan fingerprint density at radius 2 is 1.79 bits per heavy atom. The van der Waals surface area contributed by atoms with Crippen molar-refractivity contribution in [1.82, 2.24) is 0 Å². The molecule has 0 spiro atoms. The summed E-state index contributed by atoms with van der Waals surface area (Å²) in [5.41, 5.74) is 0. The van der Waals surface area contributed by atoms with Crippen molar-refractivity contribution in [2.24, 2.45) is 17.8 Å². The van der Waals surface area contributed by atoms with Gasteiger partial charge in [-0.3, -0.25) is 0 Å². The van der Waals surface area contributed by atoms with Crippen molar-refractivity contribution in [3.63, 3.8) is 0 Å². The first-order valence-electron chi connectivity index (χ1n) is 7.62. The van der Waals surface area contributed by atoms with Crippen LogP contribution in [0.3, 0.4) is 0 Å². The van der Waals surface area contributed by atoms with Crippen LogP contribution in [0.1, 0.15) is 6.42 Å². The van der Waals surface area contributed by atoms with Crippen LogP contribution in [-0.2, 0) is 28.6 Å². The van der Waals surface area contributed by atoms with Gasteiger partial charge in [-0.15, -0.1) is 0 Å². The Hall–Kier alpha value is -1.69. The molecule has 6 nitrogen and oxygen atoms in total. The molecule has 0 radical (unpaired) electrons. The zero-order chi connectivity index (χ0) is 17.3. The molecule has 1 heterocycles. The number of ketones is 1. The first-order valence-corrected chi connectivity index (χ1v) is 9.47. The predicted octanol–water partition coefficient (Wildman–Crippen LogP) is -0.0916. The van der Waals surface area contributed by atoms with Crippen LogP contribution in [0.15, 0.2) is 30.3 Å². The van der Waals surface area contributed by atoms with E-state index in [1.54, 1.807) is 0 Å². The molecule has 1 saturated heterocycles. The number of carbonyl (C=O) groups is 3. The summed E-state index contributed by atoms with van der Waals surface area (Å²) in [5, 5.41) is -0.270. The van der Waals surface area contributed by atoms with Gasteiger partial charge >= 0.3 is 146 Å². The molecular formula is C17H18O6Se.